The Morgan fingerprint density at radius 1 is 1.15 bits per heavy atom. The van der Waals surface area contributed by atoms with Gasteiger partial charge in [-0.15, -0.1) is 11.3 Å². The number of rotatable bonds is 4. The quantitative estimate of drug-likeness (QED) is 0.659. The summed E-state index contributed by atoms with van der Waals surface area (Å²) in [5, 5.41) is 6.41. The van der Waals surface area contributed by atoms with Gasteiger partial charge in [0.2, 0.25) is 12.7 Å². The molecule has 0 bridgehead atoms. The number of hydrogen-bond acceptors (Lipinski definition) is 5. The number of aromatic nitrogens is 1. The minimum Gasteiger partial charge on any atom is -0.454 e. The normalized spacial score (nSPS) is 12.2. The first-order chi connectivity index (χ1) is 12.6. The van der Waals surface area contributed by atoms with Crippen LogP contribution >= 0.6 is 34.5 Å². The number of fused-ring (bicyclic) bond motifs is 1. The van der Waals surface area contributed by atoms with Crippen molar-refractivity contribution in [3.8, 4) is 22.1 Å². The predicted octanol–water partition coefficient (Wildman–Crippen LogP) is 5.03. The maximum absolute atomic E-state index is 12.3. The lowest BCUT2D eigenvalue weighted by Crippen LogP contribution is -2.14. The highest BCUT2D eigenvalue weighted by molar-refractivity contribution is 7.13. The summed E-state index contributed by atoms with van der Waals surface area (Å²) in [6, 6.07) is 10.6. The van der Waals surface area contributed by atoms with E-state index in [0.29, 0.717) is 43.5 Å². The van der Waals surface area contributed by atoms with E-state index in [1.165, 1.54) is 11.3 Å². The summed E-state index contributed by atoms with van der Waals surface area (Å²) in [5.74, 6) is 1.11. The van der Waals surface area contributed by atoms with Crippen molar-refractivity contribution in [2.24, 2.45) is 0 Å². The van der Waals surface area contributed by atoms with E-state index in [1.807, 2.05) is 5.38 Å². The molecule has 0 atom stereocenters. The highest BCUT2D eigenvalue weighted by Crippen LogP contribution is 2.36. The molecule has 3 aromatic rings. The molecule has 1 N–H and O–H groups in total. The van der Waals surface area contributed by atoms with Crippen molar-refractivity contribution < 1.29 is 14.3 Å². The largest absolute Gasteiger partial charge is 0.454 e. The molecule has 0 unspecified atom stereocenters. The molecule has 8 heteroatoms. The summed E-state index contributed by atoms with van der Waals surface area (Å²) in [7, 11) is 0. The second kappa shape index (κ2) is 7.15. The van der Waals surface area contributed by atoms with Crippen LogP contribution in [0.2, 0.25) is 10.0 Å². The molecule has 0 radical (unpaired) electrons. The number of nitrogens with one attached hydrogen (secondary N) is 1. The standard InChI is InChI=1S/C18H12Cl2N2O3S/c19-12-2-1-3-13(20)17(12)18-22-11(8-26-18)7-16(23)21-10-4-5-14-15(6-10)25-9-24-14/h1-6,8H,7,9H2,(H,21,23). The first-order valence-electron chi connectivity index (χ1n) is 7.68. The van der Waals surface area contributed by atoms with Gasteiger partial charge in [-0.2, -0.15) is 0 Å². The minimum absolute atomic E-state index is 0.146. The Labute approximate surface area is 163 Å². The molecule has 2 aromatic carbocycles. The molecule has 1 aromatic heterocycles. The zero-order valence-corrected chi connectivity index (χ0v) is 15.6. The molecule has 5 nitrogen and oxygen atoms in total. The van der Waals surface area contributed by atoms with Gasteiger partial charge >= 0.3 is 0 Å². The number of amides is 1. The number of nitrogens with zero attached hydrogens (tertiary/aromatic N) is 1. The molecule has 2 heterocycles. The highest BCUT2D eigenvalue weighted by Gasteiger charge is 2.16. The fraction of sp³-hybridized carbons (Fsp3) is 0.111. The lowest BCUT2D eigenvalue weighted by molar-refractivity contribution is -0.115. The van der Waals surface area contributed by atoms with E-state index in [1.54, 1.807) is 36.4 Å². The van der Waals surface area contributed by atoms with Gasteiger partial charge in [-0.25, -0.2) is 4.98 Å². The predicted molar refractivity (Wildman–Crippen MR) is 102 cm³/mol. The molecular weight excluding hydrogens is 395 g/mol. The van der Waals surface area contributed by atoms with Gasteiger partial charge in [-0.3, -0.25) is 4.79 Å². The van der Waals surface area contributed by atoms with Crippen LogP contribution in [0.5, 0.6) is 11.5 Å². The van der Waals surface area contributed by atoms with Crippen LogP contribution in [0, 0.1) is 0 Å². The fourth-order valence-corrected chi connectivity index (χ4v) is 4.13. The van der Waals surface area contributed by atoms with E-state index >= 15 is 0 Å². The number of halogens is 2. The molecule has 1 aliphatic heterocycles. The summed E-state index contributed by atoms with van der Waals surface area (Å²) in [4.78, 5) is 16.8. The molecule has 0 fully saturated rings. The average Bonchev–Trinajstić information content (AvgIpc) is 3.23. The topological polar surface area (TPSA) is 60.5 Å². The van der Waals surface area contributed by atoms with Gasteiger partial charge in [0.1, 0.15) is 5.01 Å². The van der Waals surface area contributed by atoms with Crippen LogP contribution in [0.4, 0.5) is 5.69 Å². The van der Waals surface area contributed by atoms with Crippen LogP contribution in [0.1, 0.15) is 5.69 Å². The number of benzene rings is 2. The van der Waals surface area contributed by atoms with Crippen LogP contribution in [0.25, 0.3) is 10.6 Å². The van der Waals surface area contributed by atoms with Gasteiger partial charge in [0, 0.05) is 22.7 Å². The fourth-order valence-electron chi connectivity index (χ4n) is 2.55. The number of ether oxygens (including phenoxy) is 2. The lowest BCUT2D eigenvalue weighted by Gasteiger charge is -2.05. The first kappa shape index (κ1) is 17.1. The number of anilines is 1. The molecule has 0 spiro atoms. The van der Waals surface area contributed by atoms with Crippen molar-refractivity contribution in [3.05, 3.63) is 57.5 Å². The van der Waals surface area contributed by atoms with Crippen molar-refractivity contribution >= 4 is 46.1 Å². The Bertz CT molecular complexity index is 970. The third-order valence-electron chi connectivity index (χ3n) is 3.73. The zero-order valence-electron chi connectivity index (χ0n) is 13.3. The van der Waals surface area contributed by atoms with Crippen molar-refractivity contribution in [2.75, 3.05) is 12.1 Å². The summed E-state index contributed by atoms with van der Waals surface area (Å²) >= 11 is 13.8. The number of carbonyl (C=O) groups excluding carboxylic acids is 1. The third kappa shape index (κ3) is 3.49. The lowest BCUT2D eigenvalue weighted by atomic mass is 10.2. The van der Waals surface area contributed by atoms with Gasteiger partial charge in [0.25, 0.3) is 0 Å². The Morgan fingerprint density at radius 3 is 2.73 bits per heavy atom. The van der Waals surface area contributed by atoms with E-state index in [9.17, 15) is 4.79 Å². The SMILES string of the molecule is O=C(Cc1csc(-c2c(Cl)cccc2Cl)n1)Nc1ccc2c(c1)OCO2. The maximum Gasteiger partial charge on any atom is 0.231 e. The summed E-state index contributed by atoms with van der Waals surface area (Å²) < 4.78 is 10.6. The second-order valence-corrected chi connectivity index (χ2v) is 7.21. The van der Waals surface area contributed by atoms with Crippen LogP contribution in [0.15, 0.2) is 41.8 Å². The van der Waals surface area contributed by atoms with Gasteiger partial charge in [-0.05, 0) is 24.3 Å². The van der Waals surface area contributed by atoms with Crippen molar-refractivity contribution in [2.45, 2.75) is 6.42 Å². The van der Waals surface area contributed by atoms with Gasteiger partial charge in [0.05, 0.1) is 22.2 Å². The number of carbonyl (C=O) groups is 1. The van der Waals surface area contributed by atoms with Crippen LogP contribution < -0.4 is 14.8 Å². The Morgan fingerprint density at radius 2 is 1.92 bits per heavy atom. The Balaban J connectivity index is 1.46. The zero-order chi connectivity index (χ0) is 18.1. The summed E-state index contributed by atoms with van der Waals surface area (Å²) in [5.41, 5.74) is 1.98. The molecule has 132 valence electrons. The molecule has 26 heavy (non-hydrogen) atoms. The highest BCUT2D eigenvalue weighted by atomic mass is 35.5. The second-order valence-electron chi connectivity index (χ2n) is 5.53. The molecule has 4 rings (SSSR count). The van der Waals surface area contributed by atoms with Gasteiger partial charge in [-0.1, -0.05) is 29.3 Å². The average molecular weight is 407 g/mol. The monoisotopic (exact) mass is 406 g/mol. The number of hydrogen-bond donors (Lipinski definition) is 1. The Kier molecular flexibility index (Phi) is 4.72. The summed E-state index contributed by atoms with van der Waals surface area (Å²) in [6.45, 7) is 0.193. The van der Waals surface area contributed by atoms with Gasteiger partial charge < -0.3 is 14.8 Å². The molecule has 0 saturated heterocycles. The van der Waals surface area contributed by atoms with Crippen molar-refractivity contribution in [1.82, 2.24) is 4.98 Å². The third-order valence-corrected chi connectivity index (χ3v) is 5.26. The van der Waals surface area contributed by atoms with E-state index in [-0.39, 0.29) is 19.1 Å². The van der Waals surface area contributed by atoms with Crippen LogP contribution in [-0.4, -0.2) is 17.7 Å². The van der Waals surface area contributed by atoms with E-state index < -0.39 is 0 Å². The Hall–Kier alpha value is -2.28. The van der Waals surface area contributed by atoms with E-state index in [4.69, 9.17) is 32.7 Å². The van der Waals surface area contributed by atoms with E-state index in [0.717, 1.165) is 0 Å². The smallest absolute Gasteiger partial charge is 0.231 e. The van der Waals surface area contributed by atoms with Crippen LogP contribution in [0.3, 0.4) is 0 Å². The number of thiazole rings is 1. The van der Waals surface area contributed by atoms with Crippen molar-refractivity contribution in [1.29, 1.82) is 0 Å². The van der Waals surface area contributed by atoms with Crippen molar-refractivity contribution in [3.63, 3.8) is 0 Å². The van der Waals surface area contributed by atoms with Gasteiger partial charge in [0.15, 0.2) is 11.5 Å². The van der Waals surface area contributed by atoms with E-state index in [2.05, 4.69) is 10.3 Å². The molecule has 1 aliphatic rings. The molecule has 0 saturated carbocycles. The molecule has 1 amide bonds. The van der Waals surface area contributed by atoms with Crippen LogP contribution in [-0.2, 0) is 11.2 Å². The minimum atomic E-state index is -0.175. The maximum atomic E-state index is 12.3. The summed E-state index contributed by atoms with van der Waals surface area (Å²) in [6.07, 6.45) is 0.146. The first-order valence-corrected chi connectivity index (χ1v) is 9.32. The molecular formula is C18H12Cl2N2O3S. The molecule has 0 aliphatic carbocycles.